The van der Waals surface area contributed by atoms with Gasteiger partial charge >= 0.3 is 0 Å². The molecule has 0 spiro atoms. The zero-order valence-corrected chi connectivity index (χ0v) is 10.4. The van der Waals surface area contributed by atoms with E-state index in [1.807, 2.05) is 13.8 Å². The van der Waals surface area contributed by atoms with Gasteiger partial charge in [-0.15, -0.1) is 0 Å². The number of nitrogens with zero attached hydrogens (tertiary/aromatic N) is 2. The van der Waals surface area contributed by atoms with E-state index in [2.05, 4.69) is 10.2 Å². The number of nitrogens with one attached hydrogen (secondary N) is 1. The number of aromatic amines is 1. The lowest BCUT2D eigenvalue weighted by molar-refractivity contribution is -0.0370. The SMILES string of the molecule is Cc1[nH]nc(N)c1C(=O)N1CCOCC1(C)C. The maximum Gasteiger partial charge on any atom is 0.260 e. The van der Waals surface area contributed by atoms with Crippen LogP contribution in [-0.4, -0.2) is 46.3 Å². The fraction of sp³-hybridized carbons (Fsp3) is 0.636. The average Bonchev–Trinajstić information content (AvgIpc) is 2.57. The molecule has 1 amide bonds. The molecule has 94 valence electrons. The van der Waals surface area contributed by atoms with Gasteiger partial charge in [-0.25, -0.2) is 0 Å². The molecule has 1 fully saturated rings. The van der Waals surface area contributed by atoms with Gasteiger partial charge in [0, 0.05) is 12.2 Å². The van der Waals surface area contributed by atoms with Crippen molar-refractivity contribution in [2.24, 2.45) is 0 Å². The van der Waals surface area contributed by atoms with E-state index in [0.717, 1.165) is 0 Å². The molecule has 1 saturated heterocycles. The van der Waals surface area contributed by atoms with Crippen LogP contribution in [0.1, 0.15) is 29.9 Å². The first kappa shape index (κ1) is 11.9. The number of hydrogen-bond donors (Lipinski definition) is 2. The Balaban J connectivity index is 2.31. The number of nitrogen functional groups attached to an aromatic ring is 1. The molecule has 1 aromatic heterocycles. The van der Waals surface area contributed by atoms with Crippen molar-refractivity contribution in [3.63, 3.8) is 0 Å². The van der Waals surface area contributed by atoms with Crippen LogP contribution in [0, 0.1) is 6.92 Å². The first-order chi connectivity index (χ1) is 7.93. The Morgan fingerprint density at radius 3 is 2.82 bits per heavy atom. The summed E-state index contributed by atoms with van der Waals surface area (Å²) in [5.41, 5.74) is 6.58. The number of amides is 1. The number of rotatable bonds is 1. The van der Waals surface area contributed by atoms with Crippen LogP contribution in [0.25, 0.3) is 0 Å². The number of morpholine rings is 1. The van der Waals surface area contributed by atoms with Gasteiger partial charge in [-0.2, -0.15) is 5.10 Å². The molecule has 6 heteroatoms. The molecule has 2 rings (SSSR count). The normalized spacial score (nSPS) is 19.4. The summed E-state index contributed by atoms with van der Waals surface area (Å²) < 4.78 is 5.39. The molecule has 0 atom stereocenters. The van der Waals surface area contributed by atoms with E-state index in [9.17, 15) is 4.79 Å². The molecule has 0 aliphatic carbocycles. The van der Waals surface area contributed by atoms with E-state index >= 15 is 0 Å². The Labute approximate surface area is 100 Å². The van der Waals surface area contributed by atoms with Crippen molar-refractivity contribution in [2.75, 3.05) is 25.5 Å². The largest absolute Gasteiger partial charge is 0.382 e. The number of nitrogens with two attached hydrogens (primary N) is 1. The van der Waals surface area contributed by atoms with Crippen LogP contribution < -0.4 is 5.73 Å². The lowest BCUT2D eigenvalue weighted by Crippen LogP contribution is -2.55. The van der Waals surface area contributed by atoms with Crippen molar-refractivity contribution in [3.8, 4) is 0 Å². The van der Waals surface area contributed by atoms with Crippen LogP contribution >= 0.6 is 0 Å². The molecule has 3 N–H and O–H groups in total. The number of aromatic nitrogens is 2. The second-order valence-electron chi connectivity index (χ2n) is 4.93. The van der Waals surface area contributed by atoms with E-state index in [4.69, 9.17) is 10.5 Å². The number of carbonyl (C=O) groups is 1. The molecule has 0 unspecified atom stereocenters. The number of anilines is 1. The topological polar surface area (TPSA) is 84.2 Å². The number of H-pyrrole nitrogens is 1. The molecule has 6 nitrogen and oxygen atoms in total. The summed E-state index contributed by atoms with van der Waals surface area (Å²) in [6.45, 7) is 7.44. The third kappa shape index (κ3) is 2.00. The predicted octanol–water partition coefficient (Wildman–Crippen LogP) is 0.551. The second kappa shape index (κ2) is 4.03. The van der Waals surface area contributed by atoms with Crippen molar-refractivity contribution in [1.82, 2.24) is 15.1 Å². The maximum atomic E-state index is 12.4. The maximum absolute atomic E-state index is 12.4. The minimum atomic E-state index is -0.314. The van der Waals surface area contributed by atoms with Gasteiger partial charge in [-0.3, -0.25) is 9.89 Å². The third-order valence-corrected chi connectivity index (χ3v) is 3.08. The van der Waals surface area contributed by atoms with Crippen molar-refractivity contribution in [3.05, 3.63) is 11.3 Å². The quantitative estimate of drug-likeness (QED) is 0.748. The van der Waals surface area contributed by atoms with Gasteiger partial charge in [-0.1, -0.05) is 0 Å². The summed E-state index contributed by atoms with van der Waals surface area (Å²) in [5, 5.41) is 6.58. The van der Waals surface area contributed by atoms with Gasteiger partial charge in [0.15, 0.2) is 5.82 Å². The number of ether oxygens (including phenoxy) is 1. The summed E-state index contributed by atoms with van der Waals surface area (Å²) in [6, 6.07) is 0. The second-order valence-corrected chi connectivity index (χ2v) is 4.93. The molecule has 0 aromatic carbocycles. The monoisotopic (exact) mass is 238 g/mol. The van der Waals surface area contributed by atoms with E-state index in [1.165, 1.54) is 0 Å². The third-order valence-electron chi connectivity index (χ3n) is 3.08. The minimum Gasteiger partial charge on any atom is -0.382 e. The Kier molecular flexibility index (Phi) is 2.82. The number of carbonyl (C=O) groups excluding carboxylic acids is 1. The highest BCUT2D eigenvalue weighted by Gasteiger charge is 2.36. The van der Waals surface area contributed by atoms with Crippen molar-refractivity contribution >= 4 is 11.7 Å². The van der Waals surface area contributed by atoms with Crippen molar-refractivity contribution in [1.29, 1.82) is 0 Å². The summed E-state index contributed by atoms with van der Waals surface area (Å²) in [7, 11) is 0. The zero-order valence-electron chi connectivity index (χ0n) is 10.4. The summed E-state index contributed by atoms with van der Waals surface area (Å²) in [4.78, 5) is 14.2. The van der Waals surface area contributed by atoms with Gasteiger partial charge < -0.3 is 15.4 Å². The smallest absolute Gasteiger partial charge is 0.260 e. The van der Waals surface area contributed by atoms with Crippen LogP contribution in [0.3, 0.4) is 0 Å². The Morgan fingerprint density at radius 2 is 2.29 bits per heavy atom. The van der Waals surface area contributed by atoms with Gasteiger partial charge in [0.05, 0.1) is 18.8 Å². The lowest BCUT2D eigenvalue weighted by atomic mass is 10.0. The first-order valence-electron chi connectivity index (χ1n) is 5.63. The number of hydrogen-bond acceptors (Lipinski definition) is 4. The van der Waals surface area contributed by atoms with E-state index in [-0.39, 0.29) is 17.3 Å². The van der Waals surface area contributed by atoms with Gasteiger partial charge in [0.1, 0.15) is 5.56 Å². The summed E-state index contributed by atoms with van der Waals surface area (Å²) in [6.07, 6.45) is 0. The standard InChI is InChI=1S/C11H18N4O2/c1-7-8(9(12)14-13-7)10(16)15-4-5-17-6-11(15,2)3/h4-6H2,1-3H3,(H3,12,13,14). The fourth-order valence-corrected chi connectivity index (χ4v) is 2.09. The van der Waals surface area contributed by atoms with E-state index in [0.29, 0.717) is 31.0 Å². The van der Waals surface area contributed by atoms with Crippen LogP contribution in [0.15, 0.2) is 0 Å². The van der Waals surface area contributed by atoms with Crippen molar-refractivity contribution < 1.29 is 9.53 Å². The minimum absolute atomic E-state index is 0.0814. The molecule has 17 heavy (non-hydrogen) atoms. The molecular weight excluding hydrogens is 220 g/mol. The lowest BCUT2D eigenvalue weighted by Gasteiger charge is -2.42. The highest BCUT2D eigenvalue weighted by atomic mass is 16.5. The van der Waals surface area contributed by atoms with Crippen LogP contribution in [0.5, 0.6) is 0 Å². The highest BCUT2D eigenvalue weighted by molar-refractivity contribution is 5.99. The molecule has 2 heterocycles. The van der Waals surface area contributed by atoms with Crippen LogP contribution in [0.4, 0.5) is 5.82 Å². The average molecular weight is 238 g/mol. The molecule has 0 bridgehead atoms. The summed E-state index contributed by atoms with van der Waals surface area (Å²) in [5.74, 6) is 0.178. The highest BCUT2D eigenvalue weighted by Crippen LogP contribution is 2.24. The molecule has 0 saturated carbocycles. The Hall–Kier alpha value is -1.56. The Morgan fingerprint density at radius 1 is 1.59 bits per heavy atom. The van der Waals surface area contributed by atoms with Gasteiger partial charge in [0.2, 0.25) is 0 Å². The van der Waals surface area contributed by atoms with Gasteiger partial charge in [0.25, 0.3) is 5.91 Å². The molecule has 1 aromatic rings. The summed E-state index contributed by atoms with van der Waals surface area (Å²) >= 11 is 0. The molecular formula is C11H18N4O2. The predicted molar refractivity (Wildman–Crippen MR) is 63.7 cm³/mol. The van der Waals surface area contributed by atoms with Gasteiger partial charge in [-0.05, 0) is 20.8 Å². The van der Waals surface area contributed by atoms with Crippen molar-refractivity contribution in [2.45, 2.75) is 26.3 Å². The molecule has 1 aliphatic heterocycles. The van der Waals surface area contributed by atoms with E-state index in [1.54, 1.807) is 11.8 Å². The molecule has 1 aliphatic rings. The Bertz CT molecular complexity index is 419. The van der Waals surface area contributed by atoms with E-state index < -0.39 is 0 Å². The van der Waals surface area contributed by atoms with Crippen LogP contribution in [0.2, 0.25) is 0 Å². The fourth-order valence-electron chi connectivity index (χ4n) is 2.09. The first-order valence-corrected chi connectivity index (χ1v) is 5.63. The molecule has 0 radical (unpaired) electrons. The van der Waals surface area contributed by atoms with Crippen LogP contribution in [-0.2, 0) is 4.74 Å². The zero-order chi connectivity index (χ0) is 12.6. The number of aryl methyl sites for hydroxylation is 1.